The van der Waals surface area contributed by atoms with Crippen LogP contribution in [0.3, 0.4) is 0 Å². The molecule has 2 amide bonds. The van der Waals surface area contributed by atoms with Gasteiger partial charge in [-0.05, 0) is 11.4 Å². The Morgan fingerprint density at radius 1 is 1.56 bits per heavy atom. The molecule has 0 spiro atoms. The molecule has 0 radical (unpaired) electrons. The zero-order valence-corrected chi connectivity index (χ0v) is 10.5. The minimum Gasteiger partial charge on any atom is -0.467 e. The Morgan fingerprint density at radius 3 is 2.89 bits per heavy atom. The molecule has 0 aliphatic carbocycles. The van der Waals surface area contributed by atoms with Crippen molar-refractivity contribution in [1.29, 1.82) is 0 Å². The van der Waals surface area contributed by atoms with Crippen molar-refractivity contribution in [3.05, 3.63) is 22.4 Å². The minimum atomic E-state index is -0.829. The monoisotopic (exact) mass is 268 g/mol. The van der Waals surface area contributed by atoms with Gasteiger partial charge >= 0.3 is 5.97 Å². The van der Waals surface area contributed by atoms with Crippen LogP contribution in [0.25, 0.3) is 0 Å². The Balaban J connectivity index is 1.90. The molecule has 7 heteroatoms. The van der Waals surface area contributed by atoms with Crippen LogP contribution in [0, 0.1) is 0 Å². The second kappa shape index (κ2) is 5.18. The third-order valence-corrected chi connectivity index (χ3v) is 3.48. The van der Waals surface area contributed by atoms with Gasteiger partial charge in [-0.1, -0.05) is 6.07 Å². The van der Waals surface area contributed by atoms with Gasteiger partial charge in [0, 0.05) is 4.88 Å². The summed E-state index contributed by atoms with van der Waals surface area (Å²) in [6.45, 7) is 0. The molecule has 1 saturated heterocycles. The number of β-lactam (4-membered cyclic amide) rings is 1. The fourth-order valence-corrected chi connectivity index (χ4v) is 2.35. The predicted octanol–water partition coefficient (Wildman–Crippen LogP) is -0.553. The van der Waals surface area contributed by atoms with Gasteiger partial charge in [0.1, 0.15) is 6.04 Å². The standard InChI is InChI=1S/C11H12N2O4S/c1-17-11(16)9-8(10(15)13-9)12-7(14)5-6-3-2-4-18-6/h2-4,8-9H,5H2,1H3,(H,12,14)(H,13,15)/t8-,9-/m1/s1. The van der Waals surface area contributed by atoms with Crippen LogP contribution in [0.2, 0.25) is 0 Å². The van der Waals surface area contributed by atoms with E-state index in [9.17, 15) is 14.4 Å². The second-order valence-corrected chi connectivity index (χ2v) is 4.84. The molecule has 0 aromatic carbocycles. The van der Waals surface area contributed by atoms with E-state index < -0.39 is 18.1 Å². The minimum absolute atomic E-state index is 0.204. The maximum Gasteiger partial charge on any atom is 0.331 e. The van der Waals surface area contributed by atoms with Gasteiger partial charge in [-0.3, -0.25) is 9.59 Å². The lowest BCUT2D eigenvalue weighted by Gasteiger charge is -2.34. The van der Waals surface area contributed by atoms with Crippen molar-refractivity contribution in [1.82, 2.24) is 10.6 Å². The number of esters is 1. The van der Waals surface area contributed by atoms with E-state index in [0.29, 0.717) is 0 Å². The van der Waals surface area contributed by atoms with Gasteiger partial charge in [-0.25, -0.2) is 4.79 Å². The van der Waals surface area contributed by atoms with Gasteiger partial charge in [0.2, 0.25) is 11.8 Å². The molecule has 2 atom stereocenters. The van der Waals surface area contributed by atoms with Gasteiger partial charge in [-0.15, -0.1) is 11.3 Å². The van der Waals surface area contributed by atoms with Crippen molar-refractivity contribution >= 4 is 29.1 Å². The van der Waals surface area contributed by atoms with Crippen molar-refractivity contribution < 1.29 is 19.1 Å². The molecule has 1 aromatic heterocycles. The summed E-state index contributed by atoms with van der Waals surface area (Å²) in [5.74, 6) is -1.22. The lowest BCUT2D eigenvalue weighted by atomic mass is 9.99. The Labute approximate surface area is 107 Å². The van der Waals surface area contributed by atoms with Crippen LogP contribution in [-0.2, 0) is 25.5 Å². The van der Waals surface area contributed by atoms with Crippen LogP contribution >= 0.6 is 11.3 Å². The molecule has 1 aliphatic heterocycles. The lowest BCUT2D eigenvalue weighted by molar-refractivity contribution is -0.153. The van der Waals surface area contributed by atoms with E-state index in [1.54, 1.807) is 0 Å². The van der Waals surface area contributed by atoms with Gasteiger partial charge in [0.15, 0.2) is 6.04 Å². The smallest absolute Gasteiger partial charge is 0.331 e. The summed E-state index contributed by atoms with van der Waals surface area (Å²) in [5.41, 5.74) is 0. The predicted molar refractivity (Wildman–Crippen MR) is 63.9 cm³/mol. The van der Waals surface area contributed by atoms with Crippen molar-refractivity contribution in [2.45, 2.75) is 18.5 Å². The van der Waals surface area contributed by atoms with Gasteiger partial charge in [-0.2, -0.15) is 0 Å². The Morgan fingerprint density at radius 2 is 2.33 bits per heavy atom. The van der Waals surface area contributed by atoms with Crippen LogP contribution < -0.4 is 10.6 Å². The average molecular weight is 268 g/mol. The lowest BCUT2D eigenvalue weighted by Crippen LogP contribution is -2.72. The summed E-state index contributed by atoms with van der Waals surface area (Å²) in [5, 5.41) is 6.78. The topological polar surface area (TPSA) is 84.5 Å². The molecular weight excluding hydrogens is 256 g/mol. The maximum absolute atomic E-state index is 11.7. The van der Waals surface area contributed by atoms with E-state index in [0.717, 1.165) is 4.88 Å². The number of thiophene rings is 1. The molecule has 6 nitrogen and oxygen atoms in total. The molecule has 96 valence electrons. The van der Waals surface area contributed by atoms with Crippen molar-refractivity contribution in [2.75, 3.05) is 7.11 Å². The summed E-state index contributed by atoms with van der Waals surface area (Å²) in [6, 6.07) is 2.07. The van der Waals surface area contributed by atoms with Crippen molar-refractivity contribution in [2.24, 2.45) is 0 Å². The molecule has 0 unspecified atom stereocenters. The SMILES string of the molecule is COC(=O)[C@@H]1NC(=O)[C@@H]1NC(=O)Cc1cccs1. The first-order valence-corrected chi connectivity index (χ1v) is 6.19. The first-order chi connectivity index (χ1) is 8.61. The highest BCUT2D eigenvalue weighted by atomic mass is 32.1. The Bertz CT molecular complexity index is 471. The number of carbonyl (C=O) groups excluding carboxylic acids is 3. The summed E-state index contributed by atoms with van der Waals surface area (Å²) >= 11 is 1.46. The van der Waals surface area contributed by atoms with E-state index in [2.05, 4.69) is 15.4 Å². The molecule has 18 heavy (non-hydrogen) atoms. The van der Waals surface area contributed by atoms with Gasteiger partial charge < -0.3 is 15.4 Å². The average Bonchev–Trinajstić information content (AvgIpc) is 2.85. The zero-order valence-electron chi connectivity index (χ0n) is 9.64. The first kappa shape index (κ1) is 12.6. The Hall–Kier alpha value is -1.89. The normalized spacial score (nSPS) is 21.7. The summed E-state index contributed by atoms with van der Waals surface area (Å²) < 4.78 is 4.52. The van der Waals surface area contributed by atoms with Crippen LogP contribution in [0.5, 0.6) is 0 Å². The van der Waals surface area contributed by atoms with Crippen LogP contribution in [0.4, 0.5) is 0 Å². The zero-order chi connectivity index (χ0) is 13.1. The summed E-state index contributed by atoms with van der Waals surface area (Å²) in [6.07, 6.45) is 0.204. The first-order valence-electron chi connectivity index (χ1n) is 5.32. The molecule has 2 rings (SSSR count). The van der Waals surface area contributed by atoms with Crippen LogP contribution in [0.15, 0.2) is 17.5 Å². The van der Waals surface area contributed by atoms with E-state index in [1.165, 1.54) is 18.4 Å². The second-order valence-electron chi connectivity index (χ2n) is 3.81. The number of hydrogen-bond acceptors (Lipinski definition) is 5. The highest BCUT2D eigenvalue weighted by molar-refractivity contribution is 7.10. The highest BCUT2D eigenvalue weighted by Crippen LogP contribution is 2.11. The molecule has 0 bridgehead atoms. The summed E-state index contributed by atoms with van der Waals surface area (Å²) in [7, 11) is 1.23. The van der Waals surface area contributed by atoms with Crippen molar-refractivity contribution in [3.63, 3.8) is 0 Å². The number of amides is 2. The van der Waals surface area contributed by atoms with Gasteiger partial charge in [0.05, 0.1) is 13.5 Å². The number of rotatable bonds is 4. The number of nitrogens with one attached hydrogen (secondary N) is 2. The molecular formula is C11H12N2O4S. The molecule has 2 heterocycles. The van der Waals surface area contributed by atoms with Crippen LogP contribution in [0.1, 0.15) is 4.88 Å². The van der Waals surface area contributed by atoms with E-state index in [4.69, 9.17) is 0 Å². The molecule has 1 fully saturated rings. The van der Waals surface area contributed by atoms with Crippen LogP contribution in [-0.4, -0.2) is 37.0 Å². The fourth-order valence-electron chi connectivity index (χ4n) is 1.65. The highest BCUT2D eigenvalue weighted by Gasteiger charge is 2.45. The Kier molecular flexibility index (Phi) is 3.61. The number of hydrogen-bond donors (Lipinski definition) is 2. The van der Waals surface area contributed by atoms with Crippen molar-refractivity contribution in [3.8, 4) is 0 Å². The maximum atomic E-state index is 11.7. The number of carbonyl (C=O) groups is 3. The third-order valence-electron chi connectivity index (χ3n) is 2.60. The molecule has 0 saturated carbocycles. The fraction of sp³-hybridized carbons (Fsp3) is 0.364. The van der Waals surface area contributed by atoms with E-state index >= 15 is 0 Å². The number of methoxy groups -OCH3 is 1. The van der Waals surface area contributed by atoms with Gasteiger partial charge in [0.25, 0.3) is 0 Å². The van der Waals surface area contributed by atoms with E-state index in [1.807, 2.05) is 17.5 Å². The summed E-state index contributed by atoms with van der Waals surface area (Å²) in [4.78, 5) is 35.1. The largest absolute Gasteiger partial charge is 0.467 e. The third kappa shape index (κ3) is 2.51. The molecule has 1 aliphatic rings. The van der Waals surface area contributed by atoms with E-state index in [-0.39, 0.29) is 18.2 Å². The molecule has 1 aromatic rings. The quantitative estimate of drug-likeness (QED) is 0.566. The number of ether oxygens (including phenoxy) is 1. The molecule has 2 N–H and O–H groups in total.